The molecule has 1 aromatic heterocycles. The second-order valence-electron chi connectivity index (χ2n) is 5.67. The van der Waals surface area contributed by atoms with Gasteiger partial charge in [-0.15, -0.1) is 0 Å². The van der Waals surface area contributed by atoms with Gasteiger partial charge in [0.05, 0.1) is 23.7 Å². The van der Waals surface area contributed by atoms with Crippen molar-refractivity contribution in [2.45, 2.75) is 19.3 Å². The molecule has 0 saturated carbocycles. The second kappa shape index (κ2) is 7.58. The van der Waals surface area contributed by atoms with Gasteiger partial charge in [0.2, 0.25) is 0 Å². The molecule has 0 saturated heterocycles. The van der Waals surface area contributed by atoms with E-state index in [1.54, 1.807) is 12.1 Å². The molecule has 1 heterocycles. The molecule has 1 atom stereocenters. The minimum absolute atomic E-state index is 0.0295. The molecule has 0 bridgehead atoms. The maximum absolute atomic E-state index is 12.3. The van der Waals surface area contributed by atoms with Gasteiger partial charge in [0.1, 0.15) is 11.6 Å². The third-order valence-corrected chi connectivity index (χ3v) is 3.97. The Bertz CT molecular complexity index is 851. The van der Waals surface area contributed by atoms with Crippen LogP contribution < -0.4 is 10.1 Å². The number of aromatic nitrogens is 2. The van der Waals surface area contributed by atoms with Crippen LogP contribution in [0.25, 0.3) is 11.0 Å². The van der Waals surface area contributed by atoms with E-state index in [0.29, 0.717) is 12.1 Å². The van der Waals surface area contributed by atoms with Crippen molar-refractivity contribution in [3.05, 3.63) is 59.9 Å². The predicted octanol–water partition coefficient (Wildman–Crippen LogP) is 3.00. The molecule has 132 valence electrons. The zero-order chi connectivity index (χ0) is 17.8. The fraction of sp³-hybridized carbons (Fsp3) is 0.278. The summed E-state index contributed by atoms with van der Waals surface area (Å²) in [6.45, 7) is -2.14. The maximum atomic E-state index is 12.3. The zero-order valence-electron chi connectivity index (χ0n) is 13.7. The third-order valence-electron chi connectivity index (χ3n) is 3.97. The Labute approximate surface area is 143 Å². The topological polar surface area (TPSA) is 59.3 Å². The number of imidazole rings is 1. The SMILES string of the molecule is Cn1c(CNCC(O)c2cccc(OC(F)F)c2)nc2ccccc21. The first-order valence-electron chi connectivity index (χ1n) is 7.88. The van der Waals surface area contributed by atoms with Crippen LogP contribution in [0.3, 0.4) is 0 Å². The van der Waals surface area contributed by atoms with Crippen molar-refractivity contribution in [1.29, 1.82) is 0 Å². The summed E-state index contributed by atoms with van der Waals surface area (Å²) < 4.78 is 30.9. The fourth-order valence-corrected chi connectivity index (χ4v) is 2.69. The molecular weight excluding hydrogens is 328 g/mol. The Balaban J connectivity index is 1.60. The molecule has 0 aliphatic carbocycles. The summed E-state index contributed by atoms with van der Waals surface area (Å²) in [5.74, 6) is 0.880. The number of aliphatic hydroxyl groups is 1. The van der Waals surface area contributed by atoms with Crippen LogP contribution in [0.2, 0.25) is 0 Å². The average Bonchev–Trinajstić information content (AvgIpc) is 2.91. The number of nitrogens with one attached hydrogen (secondary N) is 1. The number of rotatable bonds is 7. The third kappa shape index (κ3) is 4.12. The highest BCUT2D eigenvalue weighted by Gasteiger charge is 2.12. The van der Waals surface area contributed by atoms with Crippen molar-refractivity contribution in [2.75, 3.05) is 6.54 Å². The monoisotopic (exact) mass is 347 g/mol. The zero-order valence-corrected chi connectivity index (χ0v) is 13.7. The molecule has 0 amide bonds. The van der Waals surface area contributed by atoms with E-state index in [0.717, 1.165) is 16.9 Å². The van der Waals surface area contributed by atoms with E-state index in [1.807, 2.05) is 35.9 Å². The number of aliphatic hydroxyl groups excluding tert-OH is 1. The van der Waals surface area contributed by atoms with Crippen LogP contribution >= 0.6 is 0 Å². The number of halogens is 2. The van der Waals surface area contributed by atoms with Crippen LogP contribution in [-0.4, -0.2) is 27.8 Å². The number of fused-ring (bicyclic) bond motifs is 1. The van der Waals surface area contributed by atoms with Crippen LogP contribution in [0, 0.1) is 0 Å². The summed E-state index contributed by atoms with van der Waals surface area (Å²) in [4.78, 5) is 4.54. The van der Waals surface area contributed by atoms with Crippen molar-refractivity contribution < 1.29 is 18.6 Å². The maximum Gasteiger partial charge on any atom is 0.387 e. The number of para-hydroxylation sites is 2. The molecule has 3 aromatic rings. The number of aryl methyl sites for hydroxylation is 1. The predicted molar refractivity (Wildman–Crippen MR) is 90.5 cm³/mol. The first-order chi connectivity index (χ1) is 12.0. The Hall–Kier alpha value is -2.51. The number of hydrogen-bond acceptors (Lipinski definition) is 4. The summed E-state index contributed by atoms with van der Waals surface area (Å²) in [6, 6.07) is 13.9. The van der Waals surface area contributed by atoms with Crippen molar-refractivity contribution in [1.82, 2.24) is 14.9 Å². The number of hydrogen-bond donors (Lipinski definition) is 2. The van der Waals surface area contributed by atoms with Gasteiger partial charge in [-0.2, -0.15) is 8.78 Å². The lowest BCUT2D eigenvalue weighted by Crippen LogP contribution is -2.22. The van der Waals surface area contributed by atoms with Crippen molar-refractivity contribution in [3.8, 4) is 5.75 Å². The minimum Gasteiger partial charge on any atom is -0.435 e. The standard InChI is InChI=1S/C18H19F2N3O2/c1-23-15-8-3-2-7-14(15)22-17(23)11-21-10-16(24)12-5-4-6-13(9-12)25-18(19)20/h2-9,16,18,21,24H,10-11H2,1H3. The molecule has 0 spiro atoms. The molecule has 1 unspecified atom stereocenters. The Morgan fingerprint density at radius 2 is 2.00 bits per heavy atom. The molecule has 0 aliphatic rings. The van der Waals surface area contributed by atoms with Gasteiger partial charge in [-0.05, 0) is 29.8 Å². The molecule has 0 fully saturated rings. The van der Waals surface area contributed by atoms with Gasteiger partial charge in [0.25, 0.3) is 0 Å². The van der Waals surface area contributed by atoms with E-state index in [1.165, 1.54) is 12.1 Å². The summed E-state index contributed by atoms with van der Waals surface area (Å²) >= 11 is 0. The smallest absolute Gasteiger partial charge is 0.387 e. The molecule has 3 rings (SSSR count). The van der Waals surface area contributed by atoms with Crippen LogP contribution in [0.1, 0.15) is 17.5 Å². The first-order valence-corrected chi connectivity index (χ1v) is 7.88. The highest BCUT2D eigenvalue weighted by atomic mass is 19.3. The van der Waals surface area contributed by atoms with Crippen molar-refractivity contribution >= 4 is 11.0 Å². The average molecular weight is 347 g/mol. The summed E-state index contributed by atoms with van der Waals surface area (Å²) in [6.07, 6.45) is -0.837. The van der Waals surface area contributed by atoms with E-state index in [9.17, 15) is 13.9 Å². The highest BCUT2D eigenvalue weighted by molar-refractivity contribution is 5.75. The van der Waals surface area contributed by atoms with E-state index < -0.39 is 12.7 Å². The Morgan fingerprint density at radius 3 is 2.76 bits per heavy atom. The van der Waals surface area contributed by atoms with Gasteiger partial charge in [0, 0.05) is 13.6 Å². The number of benzene rings is 2. The van der Waals surface area contributed by atoms with E-state index in [2.05, 4.69) is 15.0 Å². The van der Waals surface area contributed by atoms with Gasteiger partial charge in [0.15, 0.2) is 0 Å². The van der Waals surface area contributed by atoms with Crippen LogP contribution in [0.5, 0.6) is 5.75 Å². The molecule has 0 radical (unpaired) electrons. The Morgan fingerprint density at radius 1 is 1.20 bits per heavy atom. The Kier molecular flexibility index (Phi) is 5.25. The van der Waals surface area contributed by atoms with Gasteiger partial charge in [-0.3, -0.25) is 0 Å². The summed E-state index contributed by atoms with van der Waals surface area (Å²) in [5, 5.41) is 13.4. The molecule has 25 heavy (non-hydrogen) atoms. The van der Waals surface area contributed by atoms with Crippen LogP contribution in [0.4, 0.5) is 8.78 Å². The molecule has 5 nitrogen and oxygen atoms in total. The van der Waals surface area contributed by atoms with Gasteiger partial charge in [-0.1, -0.05) is 24.3 Å². The fourth-order valence-electron chi connectivity index (χ4n) is 2.69. The molecule has 7 heteroatoms. The largest absolute Gasteiger partial charge is 0.435 e. The molecule has 2 aromatic carbocycles. The molecule has 0 aliphatic heterocycles. The van der Waals surface area contributed by atoms with Crippen LogP contribution in [-0.2, 0) is 13.6 Å². The van der Waals surface area contributed by atoms with Crippen molar-refractivity contribution in [3.63, 3.8) is 0 Å². The lowest BCUT2D eigenvalue weighted by molar-refractivity contribution is -0.0499. The van der Waals surface area contributed by atoms with Crippen molar-refractivity contribution in [2.24, 2.45) is 7.05 Å². The normalized spacial score (nSPS) is 12.7. The lowest BCUT2D eigenvalue weighted by atomic mass is 10.1. The summed E-state index contributed by atoms with van der Waals surface area (Å²) in [7, 11) is 1.94. The van der Waals surface area contributed by atoms with E-state index in [-0.39, 0.29) is 12.3 Å². The van der Waals surface area contributed by atoms with Gasteiger partial charge in [-0.25, -0.2) is 4.98 Å². The number of nitrogens with zero attached hydrogens (tertiary/aromatic N) is 2. The van der Waals surface area contributed by atoms with Gasteiger partial charge >= 0.3 is 6.61 Å². The summed E-state index contributed by atoms with van der Waals surface area (Å²) in [5.41, 5.74) is 2.46. The lowest BCUT2D eigenvalue weighted by Gasteiger charge is -2.13. The minimum atomic E-state index is -2.89. The quantitative estimate of drug-likeness (QED) is 0.690. The van der Waals surface area contributed by atoms with Crippen LogP contribution in [0.15, 0.2) is 48.5 Å². The van der Waals surface area contributed by atoms with Gasteiger partial charge < -0.3 is 19.7 Å². The van der Waals surface area contributed by atoms with E-state index >= 15 is 0 Å². The highest BCUT2D eigenvalue weighted by Crippen LogP contribution is 2.20. The second-order valence-corrected chi connectivity index (χ2v) is 5.67. The molecule has 2 N–H and O–H groups in total. The number of ether oxygens (including phenoxy) is 1. The molecular formula is C18H19F2N3O2. The van der Waals surface area contributed by atoms with E-state index in [4.69, 9.17) is 0 Å². The first kappa shape index (κ1) is 17.3. The number of alkyl halides is 2.